The Hall–Kier alpha value is -4.13. The van der Waals surface area contributed by atoms with Gasteiger partial charge in [0.15, 0.2) is 0 Å². The first-order valence-corrected chi connectivity index (χ1v) is 11.8. The van der Waals surface area contributed by atoms with Crippen LogP contribution < -0.4 is 15.6 Å². The number of carbonyl (C=O) groups is 1. The van der Waals surface area contributed by atoms with E-state index in [-0.39, 0.29) is 11.6 Å². The zero-order valence-electron chi connectivity index (χ0n) is 20.5. The van der Waals surface area contributed by atoms with Crippen LogP contribution in [-0.2, 0) is 0 Å². The topological polar surface area (TPSA) is 76.5 Å². The molecule has 3 aromatic carbocycles. The van der Waals surface area contributed by atoms with E-state index in [1.165, 1.54) is 0 Å². The molecule has 4 rings (SSSR count). The van der Waals surface area contributed by atoms with Crippen molar-refractivity contribution in [2.45, 2.75) is 33.7 Å². The number of aryl methyl sites for hydroxylation is 1. The van der Waals surface area contributed by atoms with E-state index in [2.05, 4.69) is 5.32 Å². The fraction of sp³-hybridized carbons (Fsp3) is 0.250. The summed E-state index contributed by atoms with van der Waals surface area (Å²) in [6.07, 6.45) is 0. The molecule has 1 aromatic heterocycles. The number of benzene rings is 3. The average Bonchev–Trinajstić information content (AvgIpc) is 2.86. The third kappa shape index (κ3) is 4.89. The maximum atomic E-state index is 13.7. The zero-order chi connectivity index (χ0) is 24.9. The van der Waals surface area contributed by atoms with Crippen LogP contribution in [0.4, 0.5) is 10.5 Å². The number of ether oxygens (including phenoxy) is 1. The van der Waals surface area contributed by atoms with Crippen LogP contribution >= 0.6 is 0 Å². The fourth-order valence-electron chi connectivity index (χ4n) is 4.17. The number of hydrogen-bond acceptors (Lipinski definition) is 4. The standard InChI is InChI=1S/C28H30N4O3/c1-5-31(28(34)30-24-13-9-7-11-19(24)3)20(4)26-29-25-14-10-8-12-23(25)27(33)32(26)21-15-17-22(18-16-21)35-6-2/h7-18,20H,5-6H2,1-4H3,(H,30,34). The molecular formula is C28H30N4O3. The Morgan fingerprint density at radius 3 is 2.40 bits per heavy atom. The molecule has 7 heteroatoms. The van der Waals surface area contributed by atoms with Crippen molar-refractivity contribution in [1.82, 2.24) is 14.5 Å². The summed E-state index contributed by atoms with van der Waals surface area (Å²) in [5, 5.41) is 3.52. The molecule has 0 aliphatic heterocycles. The van der Waals surface area contributed by atoms with Crippen LogP contribution in [0, 0.1) is 6.92 Å². The number of hydrogen-bond donors (Lipinski definition) is 1. The highest BCUT2D eigenvalue weighted by Gasteiger charge is 2.26. The first-order chi connectivity index (χ1) is 16.9. The molecule has 0 aliphatic carbocycles. The van der Waals surface area contributed by atoms with Crippen molar-refractivity contribution in [1.29, 1.82) is 0 Å². The number of para-hydroxylation sites is 2. The number of amides is 2. The SMILES string of the molecule is CCOc1ccc(-n2c(C(C)N(CC)C(=O)Nc3ccccc3C)nc3ccccc3c2=O)cc1. The van der Waals surface area contributed by atoms with Crippen molar-refractivity contribution in [2.75, 3.05) is 18.5 Å². The molecule has 4 aromatic rings. The number of carbonyl (C=O) groups excluding carboxylic acids is 1. The van der Waals surface area contributed by atoms with Gasteiger partial charge in [-0.1, -0.05) is 30.3 Å². The van der Waals surface area contributed by atoms with E-state index in [4.69, 9.17) is 9.72 Å². The lowest BCUT2D eigenvalue weighted by molar-refractivity contribution is 0.193. The molecule has 0 saturated heterocycles. The Labute approximate surface area is 205 Å². The van der Waals surface area contributed by atoms with Crippen LogP contribution in [0.3, 0.4) is 0 Å². The van der Waals surface area contributed by atoms with Gasteiger partial charge in [-0.05, 0) is 75.7 Å². The molecule has 1 atom stereocenters. The van der Waals surface area contributed by atoms with Gasteiger partial charge in [0, 0.05) is 12.2 Å². The minimum absolute atomic E-state index is 0.183. The minimum atomic E-state index is -0.479. The van der Waals surface area contributed by atoms with E-state index in [0.29, 0.717) is 35.6 Å². The van der Waals surface area contributed by atoms with Crippen LogP contribution in [0.1, 0.15) is 38.2 Å². The molecule has 0 bridgehead atoms. The third-order valence-corrected chi connectivity index (χ3v) is 6.04. The van der Waals surface area contributed by atoms with Crippen LogP contribution in [-0.4, -0.2) is 33.6 Å². The third-order valence-electron chi connectivity index (χ3n) is 6.04. The minimum Gasteiger partial charge on any atom is -0.494 e. The average molecular weight is 471 g/mol. The molecule has 1 heterocycles. The molecule has 0 aliphatic rings. The Kier molecular flexibility index (Phi) is 7.15. The number of nitrogens with one attached hydrogen (secondary N) is 1. The highest BCUT2D eigenvalue weighted by atomic mass is 16.5. The summed E-state index contributed by atoms with van der Waals surface area (Å²) in [6.45, 7) is 8.67. The fourth-order valence-corrected chi connectivity index (χ4v) is 4.17. The Balaban J connectivity index is 1.80. The lowest BCUT2D eigenvalue weighted by Crippen LogP contribution is -2.39. The van der Waals surface area contributed by atoms with Crippen molar-refractivity contribution >= 4 is 22.6 Å². The predicted molar refractivity (Wildman–Crippen MR) is 140 cm³/mol. The summed E-state index contributed by atoms with van der Waals surface area (Å²) in [5.74, 6) is 1.21. The van der Waals surface area contributed by atoms with Crippen molar-refractivity contribution in [3.05, 3.63) is 94.5 Å². The molecule has 0 spiro atoms. The van der Waals surface area contributed by atoms with Gasteiger partial charge in [-0.15, -0.1) is 0 Å². The van der Waals surface area contributed by atoms with Crippen LogP contribution in [0.5, 0.6) is 5.75 Å². The van der Waals surface area contributed by atoms with Crippen molar-refractivity contribution in [2.24, 2.45) is 0 Å². The maximum Gasteiger partial charge on any atom is 0.322 e. The zero-order valence-corrected chi connectivity index (χ0v) is 20.5. The molecule has 180 valence electrons. The maximum absolute atomic E-state index is 13.7. The van der Waals surface area contributed by atoms with Crippen molar-refractivity contribution in [3.8, 4) is 11.4 Å². The lowest BCUT2D eigenvalue weighted by atomic mass is 10.1. The second-order valence-corrected chi connectivity index (χ2v) is 8.26. The summed E-state index contributed by atoms with van der Waals surface area (Å²) in [6, 6.07) is 21.5. The molecule has 0 saturated carbocycles. The summed E-state index contributed by atoms with van der Waals surface area (Å²) >= 11 is 0. The molecule has 0 fully saturated rings. The smallest absolute Gasteiger partial charge is 0.322 e. The predicted octanol–water partition coefficient (Wildman–Crippen LogP) is 5.71. The molecular weight excluding hydrogens is 440 g/mol. The molecule has 1 N–H and O–H groups in total. The highest BCUT2D eigenvalue weighted by molar-refractivity contribution is 5.90. The Morgan fingerprint density at radius 1 is 1.03 bits per heavy atom. The van der Waals surface area contributed by atoms with E-state index in [1.807, 2.05) is 94.4 Å². The molecule has 7 nitrogen and oxygen atoms in total. The second-order valence-electron chi connectivity index (χ2n) is 8.26. The van der Waals surface area contributed by atoms with Gasteiger partial charge in [0.2, 0.25) is 0 Å². The summed E-state index contributed by atoms with van der Waals surface area (Å²) in [4.78, 5) is 33.5. The monoisotopic (exact) mass is 470 g/mol. The Morgan fingerprint density at radius 2 is 1.71 bits per heavy atom. The van der Waals surface area contributed by atoms with Gasteiger partial charge in [-0.3, -0.25) is 9.36 Å². The van der Waals surface area contributed by atoms with Gasteiger partial charge in [-0.2, -0.15) is 0 Å². The number of aromatic nitrogens is 2. The van der Waals surface area contributed by atoms with Crippen molar-refractivity contribution in [3.63, 3.8) is 0 Å². The Bertz CT molecular complexity index is 1400. The molecule has 1 unspecified atom stereocenters. The summed E-state index contributed by atoms with van der Waals surface area (Å²) in [7, 11) is 0. The summed E-state index contributed by atoms with van der Waals surface area (Å²) in [5.41, 5.74) is 2.79. The highest BCUT2D eigenvalue weighted by Crippen LogP contribution is 2.25. The molecule has 0 radical (unpaired) electrons. The number of nitrogens with zero attached hydrogens (tertiary/aromatic N) is 3. The van der Waals surface area contributed by atoms with Gasteiger partial charge >= 0.3 is 6.03 Å². The number of anilines is 1. The van der Waals surface area contributed by atoms with E-state index in [0.717, 1.165) is 17.0 Å². The van der Waals surface area contributed by atoms with Crippen LogP contribution in [0.25, 0.3) is 16.6 Å². The van der Waals surface area contributed by atoms with Gasteiger partial charge < -0.3 is 15.0 Å². The van der Waals surface area contributed by atoms with Gasteiger partial charge in [0.1, 0.15) is 11.6 Å². The quantitative estimate of drug-likeness (QED) is 0.375. The normalized spacial score (nSPS) is 11.8. The first kappa shape index (κ1) is 24.0. The largest absolute Gasteiger partial charge is 0.494 e. The first-order valence-electron chi connectivity index (χ1n) is 11.8. The number of rotatable bonds is 7. The van der Waals surface area contributed by atoms with Gasteiger partial charge in [0.05, 0.1) is 29.2 Å². The van der Waals surface area contributed by atoms with Gasteiger partial charge in [0.25, 0.3) is 5.56 Å². The summed E-state index contributed by atoms with van der Waals surface area (Å²) < 4.78 is 7.15. The second kappa shape index (κ2) is 10.4. The lowest BCUT2D eigenvalue weighted by Gasteiger charge is -2.30. The van der Waals surface area contributed by atoms with Crippen molar-refractivity contribution < 1.29 is 9.53 Å². The van der Waals surface area contributed by atoms with E-state index in [1.54, 1.807) is 15.5 Å². The number of fused-ring (bicyclic) bond motifs is 1. The molecule has 35 heavy (non-hydrogen) atoms. The number of urea groups is 1. The molecule has 2 amide bonds. The van der Waals surface area contributed by atoms with E-state index < -0.39 is 6.04 Å². The van der Waals surface area contributed by atoms with Crippen LogP contribution in [0.15, 0.2) is 77.6 Å². The van der Waals surface area contributed by atoms with E-state index >= 15 is 0 Å². The van der Waals surface area contributed by atoms with Gasteiger partial charge in [-0.25, -0.2) is 9.78 Å². The van der Waals surface area contributed by atoms with Crippen LogP contribution in [0.2, 0.25) is 0 Å². The van der Waals surface area contributed by atoms with E-state index in [9.17, 15) is 9.59 Å².